The third-order valence-corrected chi connectivity index (χ3v) is 14.0. The van der Waals surface area contributed by atoms with Gasteiger partial charge in [-0.25, -0.2) is 17.9 Å². The molecule has 1 atom stereocenters. The molecule has 0 spiro atoms. The van der Waals surface area contributed by atoms with Crippen LogP contribution in [0.2, 0.25) is 0 Å². The highest BCUT2D eigenvalue weighted by Gasteiger charge is 2.41. The van der Waals surface area contributed by atoms with Crippen LogP contribution in [0.5, 0.6) is 0 Å². The number of thiophene rings is 2. The molecule has 2 aliphatic rings. The number of halogens is 4. The third-order valence-electron chi connectivity index (χ3n) is 9.41. The summed E-state index contributed by atoms with van der Waals surface area (Å²) in [5, 5.41) is 0. The molecule has 0 saturated carbocycles. The maximum atomic E-state index is 16.0. The molecule has 262 valence electrons. The van der Waals surface area contributed by atoms with Gasteiger partial charge in [-0.05, 0) is 80.8 Å². The van der Waals surface area contributed by atoms with Gasteiger partial charge in [-0.15, -0.1) is 22.7 Å². The van der Waals surface area contributed by atoms with Crippen molar-refractivity contribution in [2.24, 2.45) is 4.40 Å². The Bertz CT molecular complexity index is 1350. The summed E-state index contributed by atoms with van der Waals surface area (Å²) in [5.41, 5.74) is 3.62. The number of unbranched alkanes of at least 4 members (excludes halogenated alkanes) is 18. The molecule has 0 bridgehead atoms. The van der Waals surface area contributed by atoms with Gasteiger partial charge in [-0.3, -0.25) is 0 Å². The zero-order chi connectivity index (χ0) is 33.4. The van der Waals surface area contributed by atoms with E-state index in [1.54, 1.807) is 0 Å². The molecule has 2 aromatic heterocycles. The summed E-state index contributed by atoms with van der Waals surface area (Å²) < 4.78 is 41.9. The van der Waals surface area contributed by atoms with Crippen LogP contribution in [-0.2, 0) is 12.8 Å². The van der Waals surface area contributed by atoms with Gasteiger partial charge in [-0.1, -0.05) is 129 Å². The van der Waals surface area contributed by atoms with Crippen LogP contribution in [-0.4, -0.2) is 11.8 Å². The summed E-state index contributed by atoms with van der Waals surface area (Å²) in [7, 11) is 0. The van der Waals surface area contributed by atoms with Crippen molar-refractivity contribution in [3.63, 3.8) is 0 Å². The first-order chi connectivity index (χ1) is 23.0. The monoisotopic (exact) mass is 830 g/mol. The average molecular weight is 833 g/mol. The van der Waals surface area contributed by atoms with E-state index in [0.717, 1.165) is 43.0 Å². The van der Waals surface area contributed by atoms with Crippen molar-refractivity contribution in [1.29, 1.82) is 0 Å². The quantitative estimate of drug-likeness (QED) is 0.0842. The van der Waals surface area contributed by atoms with E-state index in [1.165, 1.54) is 162 Å². The number of rotatable bonds is 24. The van der Waals surface area contributed by atoms with E-state index in [1.807, 2.05) is 6.07 Å². The van der Waals surface area contributed by atoms with Crippen molar-refractivity contribution in [3.8, 4) is 0 Å². The van der Waals surface area contributed by atoms with E-state index < -0.39 is 17.7 Å². The van der Waals surface area contributed by atoms with Gasteiger partial charge in [0.05, 0.1) is 37.0 Å². The number of nitrogens with one attached hydrogen (secondary N) is 1. The summed E-state index contributed by atoms with van der Waals surface area (Å²) in [5.74, 6) is -1.56. The zero-order valence-corrected chi connectivity index (χ0v) is 34.1. The van der Waals surface area contributed by atoms with Crippen molar-refractivity contribution >= 4 is 83.5 Å². The number of aryl methyl sites for hydroxylation is 2. The van der Waals surface area contributed by atoms with Crippen molar-refractivity contribution in [2.75, 3.05) is 0 Å². The highest BCUT2D eigenvalue weighted by atomic mass is 79.9. The van der Waals surface area contributed by atoms with Gasteiger partial charge >= 0.3 is 0 Å². The number of fused-ring (bicyclic) bond motifs is 1. The van der Waals surface area contributed by atoms with Gasteiger partial charge in [0.15, 0.2) is 11.7 Å². The van der Waals surface area contributed by atoms with Crippen molar-refractivity contribution in [1.82, 2.24) is 4.72 Å². The lowest BCUT2D eigenvalue weighted by atomic mass is 9.88. The maximum absolute atomic E-state index is 16.0. The number of nitrogens with zero attached hydrogens (tertiary/aromatic N) is 1. The predicted molar refractivity (Wildman–Crippen MR) is 213 cm³/mol. The molecule has 1 aliphatic heterocycles. The van der Waals surface area contributed by atoms with Gasteiger partial charge in [0, 0.05) is 15.3 Å². The van der Waals surface area contributed by atoms with Gasteiger partial charge in [0.1, 0.15) is 0 Å². The first kappa shape index (κ1) is 39.5. The van der Waals surface area contributed by atoms with Crippen LogP contribution < -0.4 is 4.72 Å². The topological polar surface area (TPSA) is 24.4 Å². The highest BCUT2D eigenvalue weighted by molar-refractivity contribution is 9.11. The summed E-state index contributed by atoms with van der Waals surface area (Å²) in [6, 6.07) is 3.63. The fraction of sp³-hybridized carbons (Fsp3) is 0.658. The second-order valence-corrected chi connectivity index (χ2v) is 18.6. The van der Waals surface area contributed by atoms with E-state index in [2.05, 4.69) is 60.9 Å². The molecule has 0 saturated heterocycles. The van der Waals surface area contributed by atoms with Gasteiger partial charge in [-0.2, -0.15) is 0 Å². The Morgan fingerprint density at radius 1 is 0.617 bits per heavy atom. The first-order valence-corrected chi connectivity index (χ1v) is 22.3. The second kappa shape index (κ2) is 21.8. The third kappa shape index (κ3) is 11.9. The standard InChI is InChI=1S/C38H54Br2F2N2S3/c1-3-5-7-9-11-13-15-17-19-21-23-27-25-29(45-37(27)39)31-33(41)34(42)32(36-35(31)43-47-44-36)30-26-28(38(40)46-30)24-22-20-18-16-14-12-10-8-6-4-2/h25-26,35,43H,3-24H2,1-2H3. The number of hydrogen-bond donors (Lipinski definition) is 1. The fourth-order valence-corrected chi connectivity index (χ4v) is 10.9. The number of allylic oxidation sites excluding steroid dienone is 2. The normalized spacial score (nSPS) is 16.5. The Labute approximate surface area is 312 Å². The number of hydrogen-bond acceptors (Lipinski definition) is 5. The summed E-state index contributed by atoms with van der Waals surface area (Å²) >= 11 is 11.6. The van der Waals surface area contributed by atoms with Crippen molar-refractivity contribution in [3.05, 3.63) is 52.2 Å². The summed E-state index contributed by atoms with van der Waals surface area (Å²) in [6.45, 7) is 4.52. The minimum atomic E-state index is -0.792. The minimum Gasteiger partial charge on any atom is -0.231 e. The van der Waals surface area contributed by atoms with Crippen LogP contribution in [0.4, 0.5) is 8.78 Å². The molecule has 2 nitrogen and oxygen atoms in total. The lowest BCUT2D eigenvalue weighted by Crippen LogP contribution is -2.33. The van der Waals surface area contributed by atoms with Crippen LogP contribution in [0.25, 0.3) is 11.1 Å². The first-order valence-electron chi connectivity index (χ1n) is 18.3. The molecule has 47 heavy (non-hydrogen) atoms. The van der Waals surface area contributed by atoms with E-state index in [0.29, 0.717) is 16.9 Å². The lowest BCUT2D eigenvalue weighted by molar-refractivity contribution is 0.546. The van der Waals surface area contributed by atoms with Crippen LogP contribution in [0.3, 0.4) is 0 Å². The Morgan fingerprint density at radius 3 is 1.53 bits per heavy atom. The molecular formula is C38H54Br2F2N2S3. The Hall–Kier alpha value is -0.320. The van der Waals surface area contributed by atoms with Crippen LogP contribution >= 0.6 is 66.7 Å². The van der Waals surface area contributed by atoms with Gasteiger partial charge in [0.2, 0.25) is 0 Å². The highest BCUT2D eigenvalue weighted by Crippen LogP contribution is 2.48. The van der Waals surface area contributed by atoms with Crippen LogP contribution in [0, 0.1) is 0 Å². The molecule has 1 aliphatic carbocycles. The summed E-state index contributed by atoms with van der Waals surface area (Å²) in [4.78, 5) is 1.51. The largest absolute Gasteiger partial charge is 0.231 e. The molecular weight excluding hydrogens is 778 g/mol. The zero-order valence-electron chi connectivity index (χ0n) is 28.5. The fourth-order valence-electron chi connectivity index (χ4n) is 6.59. The molecule has 0 fully saturated rings. The van der Waals surface area contributed by atoms with Crippen molar-refractivity contribution in [2.45, 2.75) is 161 Å². The molecule has 1 N–H and O–H groups in total. The lowest BCUT2D eigenvalue weighted by Gasteiger charge is -2.23. The van der Waals surface area contributed by atoms with E-state index in [-0.39, 0.29) is 0 Å². The second-order valence-electron chi connectivity index (χ2n) is 13.2. The Balaban J connectivity index is 1.33. The molecule has 4 rings (SSSR count). The molecule has 9 heteroatoms. The maximum Gasteiger partial charge on any atom is 0.169 e. The Morgan fingerprint density at radius 2 is 1.04 bits per heavy atom. The molecule has 2 aromatic rings. The molecule has 0 aromatic carbocycles. The van der Waals surface area contributed by atoms with E-state index >= 15 is 8.78 Å². The summed E-state index contributed by atoms with van der Waals surface area (Å²) in [6.07, 6.45) is 27.9. The molecule has 0 radical (unpaired) electrons. The predicted octanol–water partition coefficient (Wildman–Crippen LogP) is 15.3. The molecule has 3 heterocycles. The SMILES string of the molecule is CCCCCCCCCCCCc1cc(C2=C(F)C(F)=C(c3cc(CCCCCCCCCCCC)c(Br)s3)C3NSN=C23)sc1Br. The van der Waals surface area contributed by atoms with E-state index in [4.69, 9.17) is 0 Å². The minimum absolute atomic E-state index is 0.301. The van der Waals surface area contributed by atoms with Gasteiger partial charge in [0.25, 0.3) is 0 Å². The van der Waals surface area contributed by atoms with Crippen LogP contribution in [0.1, 0.15) is 163 Å². The Kier molecular flexibility index (Phi) is 18.3. The van der Waals surface area contributed by atoms with Crippen molar-refractivity contribution < 1.29 is 8.78 Å². The van der Waals surface area contributed by atoms with Crippen LogP contribution in [0.15, 0.2) is 35.8 Å². The smallest absolute Gasteiger partial charge is 0.169 e. The average Bonchev–Trinajstić information content (AvgIpc) is 3.78. The molecule has 0 amide bonds. The van der Waals surface area contributed by atoms with E-state index in [9.17, 15) is 0 Å². The molecule has 1 unspecified atom stereocenters. The van der Waals surface area contributed by atoms with Gasteiger partial charge < -0.3 is 0 Å².